The highest BCUT2D eigenvalue weighted by Crippen LogP contribution is 2.11. The summed E-state index contributed by atoms with van der Waals surface area (Å²) in [6.45, 7) is 2.20. The second kappa shape index (κ2) is 6.03. The summed E-state index contributed by atoms with van der Waals surface area (Å²) in [4.78, 5) is 0. The van der Waals surface area contributed by atoms with Crippen molar-refractivity contribution in [2.75, 3.05) is 0 Å². The van der Waals surface area contributed by atoms with Crippen LogP contribution in [0.15, 0.2) is 28.7 Å². The van der Waals surface area contributed by atoms with Crippen molar-refractivity contribution in [3.05, 3.63) is 34.3 Å². The Hall–Kier alpha value is 0.466. The monoisotopic (exact) mass is 224 g/mol. The topological polar surface area (TPSA) is 0 Å². The van der Waals surface area contributed by atoms with Crippen LogP contribution in [0.3, 0.4) is 0 Å². The lowest BCUT2D eigenvalue weighted by Gasteiger charge is -1.96. The van der Waals surface area contributed by atoms with Crippen LogP contribution in [0.5, 0.6) is 0 Å². The fraction of sp³-hybridized carbons (Fsp3) is 0.333. The van der Waals surface area contributed by atoms with Gasteiger partial charge in [0.15, 0.2) is 0 Å². The van der Waals surface area contributed by atoms with E-state index in [4.69, 9.17) is 0 Å². The molecule has 0 amide bonds. The average Bonchev–Trinajstić information content (AvgIpc) is 1.95. The van der Waals surface area contributed by atoms with E-state index >= 15 is 0 Å². The highest BCUT2D eigenvalue weighted by Gasteiger charge is 1.88. The van der Waals surface area contributed by atoms with Gasteiger partial charge in [0.2, 0.25) is 0 Å². The number of hydrogen-bond donors (Lipinski definition) is 0. The third-order valence-corrected chi connectivity index (χ3v) is 1.98. The fourth-order valence-electron chi connectivity index (χ4n) is 0.940. The Bertz CT molecular complexity index is 193. The Morgan fingerprint density at radius 3 is 2.18 bits per heavy atom. The highest BCUT2D eigenvalue weighted by molar-refractivity contribution is 9.10. The van der Waals surface area contributed by atoms with Gasteiger partial charge in [-0.2, -0.15) is 0 Å². The molecular weight excluding hydrogens is 212 g/mol. The van der Waals surface area contributed by atoms with Crippen molar-refractivity contribution in [2.24, 2.45) is 0 Å². The number of aryl methyl sites for hydroxylation is 1. The van der Waals surface area contributed by atoms with Gasteiger partial charge in [-0.05, 0) is 24.1 Å². The van der Waals surface area contributed by atoms with Crippen LogP contribution < -0.4 is 0 Å². The van der Waals surface area contributed by atoms with Gasteiger partial charge in [-0.3, -0.25) is 0 Å². The van der Waals surface area contributed by atoms with E-state index < -0.39 is 0 Å². The minimum absolute atomic E-state index is 0. The normalized spacial score (nSPS) is 8.91. The molecule has 2 heteroatoms. The van der Waals surface area contributed by atoms with E-state index in [0.29, 0.717) is 0 Å². The molecule has 0 radical (unpaired) electrons. The van der Waals surface area contributed by atoms with E-state index in [1.807, 2.05) is 0 Å². The molecule has 0 saturated heterocycles. The molecule has 0 fully saturated rings. The first-order valence-electron chi connectivity index (χ1n) is 3.57. The van der Waals surface area contributed by atoms with Gasteiger partial charge in [-0.15, -0.1) is 0 Å². The SMILES string of the molecule is CCCc1ccc(Br)cc1.[MgH2]. The molecule has 0 spiro atoms. The standard InChI is InChI=1S/C9H11Br.Mg.2H/c1-2-3-8-4-6-9(10)7-5-8;;;/h4-7H,2-3H2,1H3;;;. The van der Waals surface area contributed by atoms with Crippen LogP contribution in [0, 0.1) is 0 Å². The summed E-state index contributed by atoms with van der Waals surface area (Å²) in [6.07, 6.45) is 2.41. The molecule has 1 aromatic rings. The largest absolute Gasteiger partial charge is 0.316 e. The quantitative estimate of drug-likeness (QED) is 0.678. The first kappa shape index (κ1) is 11.5. The molecule has 0 unspecified atom stereocenters. The first-order valence-corrected chi connectivity index (χ1v) is 4.36. The Morgan fingerprint density at radius 1 is 1.18 bits per heavy atom. The molecule has 1 aromatic carbocycles. The van der Waals surface area contributed by atoms with E-state index in [2.05, 4.69) is 47.1 Å². The first-order chi connectivity index (χ1) is 4.83. The van der Waals surface area contributed by atoms with Crippen LogP contribution in [-0.2, 0) is 6.42 Å². The van der Waals surface area contributed by atoms with E-state index in [-0.39, 0.29) is 23.1 Å². The summed E-state index contributed by atoms with van der Waals surface area (Å²) in [5.74, 6) is 0. The number of halogens is 1. The van der Waals surface area contributed by atoms with Gasteiger partial charge in [0.1, 0.15) is 0 Å². The molecule has 0 aliphatic rings. The second-order valence-corrected chi connectivity index (χ2v) is 3.29. The summed E-state index contributed by atoms with van der Waals surface area (Å²) < 4.78 is 1.16. The number of hydrogen-bond acceptors (Lipinski definition) is 0. The molecule has 0 aliphatic carbocycles. The zero-order valence-electron chi connectivity index (χ0n) is 6.10. The maximum absolute atomic E-state index is 3.40. The van der Waals surface area contributed by atoms with Crippen LogP contribution in [0.25, 0.3) is 0 Å². The Labute approximate surface area is 92.7 Å². The third-order valence-electron chi connectivity index (χ3n) is 1.45. The van der Waals surface area contributed by atoms with Crippen LogP contribution in [0.2, 0.25) is 0 Å². The van der Waals surface area contributed by atoms with E-state index in [0.717, 1.165) is 4.47 Å². The molecule has 0 nitrogen and oxygen atoms in total. The van der Waals surface area contributed by atoms with Crippen LogP contribution in [0.1, 0.15) is 18.9 Å². The van der Waals surface area contributed by atoms with E-state index in [9.17, 15) is 0 Å². The Balaban J connectivity index is 0.000001000. The molecular formula is C9H13BrMg. The van der Waals surface area contributed by atoms with Crippen LogP contribution in [0.4, 0.5) is 0 Å². The van der Waals surface area contributed by atoms with E-state index in [1.54, 1.807) is 0 Å². The van der Waals surface area contributed by atoms with Crippen molar-refractivity contribution in [3.63, 3.8) is 0 Å². The van der Waals surface area contributed by atoms with Gasteiger partial charge in [0, 0.05) is 4.47 Å². The molecule has 0 saturated carbocycles. The Kier molecular flexibility index (Phi) is 6.29. The lowest BCUT2D eigenvalue weighted by molar-refractivity contribution is 0.921. The van der Waals surface area contributed by atoms with Gasteiger partial charge in [0.25, 0.3) is 0 Å². The van der Waals surface area contributed by atoms with Crippen LogP contribution in [-0.4, -0.2) is 23.1 Å². The van der Waals surface area contributed by atoms with Crippen LogP contribution >= 0.6 is 15.9 Å². The minimum atomic E-state index is 0. The van der Waals surface area contributed by atoms with Crippen molar-refractivity contribution >= 4 is 39.0 Å². The molecule has 0 heterocycles. The van der Waals surface area contributed by atoms with Gasteiger partial charge in [0.05, 0.1) is 0 Å². The summed E-state index contributed by atoms with van der Waals surface area (Å²) in [5.41, 5.74) is 1.42. The molecule has 0 aliphatic heterocycles. The predicted molar refractivity (Wildman–Crippen MR) is 56.7 cm³/mol. The molecule has 11 heavy (non-hydrogen) atoms. The second-order valence-electron chi connectivity index (χ2n) is 2.38. The maximum atomic E-state index is 3.40. The van der Waals surface area contributed by atoms with Gasteiger partial charge < -0.3 is 0 Å². The number of rotatable bonds is 2. The lowest BCUT2D eigenvalue weighted by Crippen LogP contribution is -1.80. The highest BCUT2D eigenvalue weighted by atomic mass is 79.9. The van der Waals surface area contributed by atoms with Gasteiger partial charge in [-0.25, -0.2) is 0 Å². The van der Waals surface area contributed by atoms with Crippen molar-refractivity contribution in [3.8, 4) is 0 Å². The van der Waals surface area contributed by atoms with Crippen molar-refractivity contribution < 1.29 is 0 Å². The molecule has 0 bridgehead atoms. The fourth-order valence-corrected chi connectivity index (χ4v) is 1.20. The summed E-state index contributed by atoms with van der Waals surface area (Å²) >= 11 is 3.40. The zero-order chi connectivity index (χ0) is 7.40. The smallest absolute Gasteiger partial charge is 0.0651 e. The molecule has 0 N–H and O–H groups in total. The lowest BCUT2D eigenvalue weighted by atomic mass is 10.1. The van der Waals surface area contributed by atoms with Crippen molar-refractivity contribution in [1.29, 1.82) is 0 Å². The summed E-state index contributed by atoms with van der Waals surface area (Å²) in [5, 5.41) is 0. The van der Waals surface area contributed by atoms with Gasteiger partial charge in [-0.1, -0.05) is 41.4 Å². The summed E-state index contributed by atoms with van der Waals surface area (Å²) in [6, 6.07) is 8.50. The minimum Gasteiger partial charge on any atom is -0.0651 e. The predicted octanol–water partition coefficient (Wildman–Crippen LogP) is 2.49. The van der Waals surface area contributed by atoms with E-state index in [1.165, 1.54) is 18.4 Å². The molecule has 1 rings (SSSR count). The summed E-state index contributed by atoms with van der Waals surface area (Å²) in [7, 11) is 0. The molecule has 58 valence electrons. The third kappa shape index (κ3) is 4.14. The van der Waals surface area contributed by atoms with Crippen molar-refractivity contribution in [1.82, 2.24) is 0 Å². The Morgan fingerprint density at radius 2 is 1.73 bits per heavy atom. The maximum Gasteiger partial charge on any atom is 0.316 e. The molecule has 0 atom stereocenters. The average molecular weight is 225 g/mol. The molecule has 0 aromatic heterocycles. The zero-order valence-corrected chi connectivity index (χ0v) is 7.69. The number of benzene rings is 1. The van der Waals surface area contributed by atoms with Gasteiger partial charge >= 0.3 is 23.1 Å². The van der Waals surface area contributed by atoms with Crippen molar-refractivity contribution in [2.45, 2.75) is 19.8 Å².